The highest BCUT2D eigenvalue weighted by Crippen LogP contribution is 2.20. The highest BCUT2D eigenvalue weighted by atomic mass is 16.6. The summed E-state index contributed by atoms with van der Waals surface area (Å²) in [6.07, 6.45) is -0.325. The largest absolute Gasteiger partial charge is 0.469 e. The van der Waals surface area contributed by atoms with Crippen molar-refractivity contribution in [1.82, 2.24) is 0 Å². The van der Waals surface area contributed by atoms with E-state index in [-0.39, 0.29) is 12.4 Å². The van der Waals surface area contributed by atoms with Gasteiger partial charge < -0.3 is 4.74 Å². The molecule has 1 aromatic carbocycles. The van der Waals surface area contributed by atoms with Crippen LogP contribution in [0.1, 0.15) is 23.7 Å². The zero-order valence-electron chi connectivity index (χ0n) is 8.90. The number of ether oxygens (including phenoxy) is 1. The molecule has 0 bridgehead atoms. The minimum atomic E-state index is -0.446. The second-order valence-electron chi connectivity index (χ2n) is 3.32. The van der Waals surface area contributed by atoms with Crippen LogP contribution < -0.4 is 5.90 Å². The molecule has 1 unspecified atom stereocenters. The van der Waals surface area contributed by atoms with E-state index < -0.39 is 6.10 Å². The smallest absolute Gasteiger partial charge is 0.308 e. The van der Waals surface area contributed by atoms with E-state index in [2.05, 4.69) is 4.74 Å². The Morgan fingerprint density at radius 3 is 2.47 bits per heavy atom. The number of carbonyl (C=O) groups is 1. The van der Waals surface area contributed by atoms with Crippen LogP contribution in [0.5, 0.6) is 0 Å². The quantitative estimate of drug-likeness (QED) is 0.602. The zero-order valence-corrected chi connectivity index (χ0v) is 8.90. The van der Waals surface area contributed by atoms with Gasteiger partial charge in [-0.3, -0.25) is 9.63 Å². The molecule has 82 valence electrons. The molecule has 1 rings (SSSR count). The molecule has 0 saturated carbocycles. The summed E-state index contributed by atoms with van der Waals surface area (Å²) in [6.45, 7) is 1.99. The van der Waals surface area contributed by atoms with Crippen LogP contribution in [-0.2, 0) is 14.4 Å². The van der Waals surface area contributed by atoms with E-state index in [1.54, 1.807) is 0 Å². The Morgan fingerprint density at radius 2 is 2.00 bits per heavy atom. The van der Waals surface area contributed by atoms with Crippen molar-refractivity contribution in [1.29, 1.82) is 0 Å². The number of nitrogens with two attached hydrogens (primary N) is 1. The van der Waals surface area contributed by atoms with Gasteiger partial charge in [0.15, 0.2) is 0 Å². The molecule has 0 radical (unpaired) electrons. The first kappa shape index (κ1) is 11.7. The Balaban J connectivity index is 2.74. The van der Waals surface area contributed by atoms with Gasteiger partial charge in [-0.2, -0.15) is 0 Å². The Morgan fingerprint density at radius 1 is 1.40 bits per heavy atom. The van der Waals surface area contributed by atoms with Crippen molar-refractivity contribution in [3.05, 3.63) is 35.4 Å². The van der Waals surface area contributed by atoms with Crippen LogP contribution in [0.15, 0.2) is 24.3 Å². The fourth-order valence-electron chi connectivity index (χ4n) is 1.26. The first-order valence-electron chi connectivity index (χ1n) is 4.66. The average Bonchev–Trinajstić information content (AvgIpc) is 2.27. The molecule has 0 spiro atoms. The Kier molecular flexibility index (Phi) is 4.27. The number of hydrogen-bond acceptors (Lipinski definition) is 4. The molecule has 0 saturated heterocycles. The number of methoxy groups -OCH3 is 1. The molecule has 0 heterocycles. The number of esters is 1. The summed E-state index contributed by atoms with van der Waals surface area (Å²) >= 11 is 0. The summed E-state index contributed by atoms with van der Waals surface area (Å²) in [4.78, 5) is 15.8. The van der Waals surface area contributed by atoms with E-state index in [9.17, 15) is 4.79 Å². The van der Waals surface area contributed by atoms with Crippen LogP contribution in [0.25, 0.3) is 0 Å². The van der Waals surface area contributed by atoms with Crippen molar-refractivity contribution in [2.45, 2.75) is 19.4 Å². The monoisotopic (exact) mass is 209 g/mol. The van der Waals surface area contributed by atoms with Crippen molar-refractivity contribution in [3.63, 3.8) is 0 Å². The van der Waals surface area contributed by atoms with Crippen LogP contribution >= 0.6 is 0 Å². The molecule has 0 aromatic heterocycles. The molecule has 4 nitrogen and oxygen atoms in total. The predicted molar refractivity (Wildman–Crippen MR) is 55.8 cm³/mol. The molecule has 0 aliphatic carbocycles. The molecule has 1 aromatic rings. The van der Waals surface area contributed by atoms with Gasteiger partial charge in [0, 0.05) is 0 Å². The Hall–Kier alpha value is -1.39. The van der Waals surface area contributed by atoms with Crippen LogP contribution in [0.3, 0.4) is 0 Å². The van der Waals surface area contributed by atoms with Gasteiger partial charge in [0.1, 0.15) is 6.10 Å². The lowest BCUT2D eigenvalue weighted by atomic mass is 10.1. The maximum atomic E-state index is 11.1. The lowest BCUT2D eigenvalue weighted by Crippen LogP contribution is -2.14. The number of rotatable bonds is 4. The highest BCUT2D eigenvalue weighted by molar-refractivity contribution is 5.70. The van der Waals surface area contributed by atoms with E-state index in [0.29, 0.717) is 0 Å². The van der Waals surface area contributed by atoms with E-state index in [1.165, 1.54) is 7.11 Å². The van der Waals surface area contributed by atoms with Crippen molar-refractivity contribution in [3.8, 4) is 0 Å². The third-order valence-electron chi connectivity index (χ3n) is 2.19. The molecular formula is C11H15NO3. The molecule has 15 heavy (non-hydrogen) atoms. The van der Waals surface area contributed by atoms with Crippen LogP contribution in [0, 0.1) is 6.92 Å². The fraction of sp³-hybridized carbons (Fsp3) is 0.364. The predicted octanol–water partition coefficient (Wildman–Crippen LogP) is 1.49. The van der Waals surface area contributed by atoms with Gasteiger partial charge in [0.05, 0.1) is 13.5 Å². The summed E-state index contributed by atoms with van der Waals surface area (Å²) in [5.41, 5.74) is 2.01. The van der Waals surface area contributed by atoms with Crippen molar-refractivity contribution in [2.75, 3.05) is 7.11 Å². The average molecular weight is 209 g/mol. The van der Waals surface area contributed by atoms with Gasteiger partial charge in [0.25, 0.3) is 0 Å². The van der Waals surface area contributed by atoms with Gasteiger partial charge >= 0.3 is 5.97 Å². The van der Waals surface area contributed by atoms with E-state index in [0.717, 1.165) is 11.1 Å². The standard InChI is InChI=1S/C11H15NO3/c1-8-3-5-9(6-4-8)10(15-12)7-11(13)14-2/h3-6,10H,7,12H2,1-2H3. The van der Waals surface area contributed by atoms with Gasteiger partial charge in [-0.1, -0.05) is 29.8 Å². The van der Waals surface area contributed by atoms with Gasteiger partial charge in [0.2, 0.25) is 0 Å². The lowest BCUT2D eigenvalue weighted by Gasteiger charge is -2.13. The second kappa shape index (κ2) is 5.48. The highest BCUT2D eigenvalue weighted by Gasteiger charge is 2.16. The van der Waals surface area contributed by atoms with E-state index in [1.807, 2.05) is 31.2 Å². The Bertz CT molecular complexity index is 321. The molecule has 0 amide bonds. The molecule has 0 aliphatic rings. The van der Waals surface area contributed by atoms with Gasteiger partial charge in [-0.05, 0) is 12.5 Å². The van der Waals surface area contributed by atoms with Gasteiger partial charge in [-0.25, -0.2) is 5.90 Å². The minimum absolute atomic E-state index is 0.121. The number of aryl methyl sites for hydroxylation is 1. The molecule has 1 atom stereocenters. The molecule has 4 heteroatoms. The summed E-state index contributed by atoms with van der Waals surface area (Å²) < 4.78 is 4.55. The van der Waals surface area contributed by atoms with Crippen molar-refractivity contribution < 1.29 is 14.4 Å². The summed E-state index contributed by atoms with van der Waals surface area (Å²) in [6, 6.07) is 7.66. The maximum absolute atomic E-state index is 11.1. The fourth-order valence-corrected chi connectivity index (χ4v) is 1.26. The summed E-state index contributed by atoms with van der Waals surface area (Å²) in [7, 11) is 1.34. The van der Waals surface area contributed by atoms with Gasteiger partial charge in [-0.15, -0.1) is 0 Å². The van der Waals surface area contributed by atoms with E-state index in [4.69, 9.17) is 10.7 Å². The third-order valence-corrected chi connectivity index (χ3v) is 2.19. The van der Waals surface area contributed by atoms with Crippen molar-refractivity contribution >= 4 is 5.97 Å². The van der Waals surface area contributed by atoms with Crippen molar-refractivity contribution in [2.24, 2.45) is 5.90 Å². The Labute approximate surface area is 88.9 Å². The zero-order chi connectivity index (χ0) is 11.3. The number of benzene rings is 1. The maximum Gasteiger partial charge on any atom is 0.308 e. The SMILES string of the molecule is COC(=O)CC(ON)c1ccc(C)cc1. The first-order valence-corrected chi connectivity index (χ1v) is 4.66. The summed E-state index contributed by atoms with van der Waals surface area (Å²) in [5.74, 6) is 4.80. The molecule has 0 fully saturated rings. The first-order chi connectivity index (χ1) is 7.17. The van der Waals surface area contributed by atoms with Crippen LogP contribution in [0.4, 0.5) is 0 Å². The number of hydrogen-bond donors (Lipinski definition) is 1. The topological polar surface area (TPSA) is 61.5 Å². The number of carbonyl (C=O) groups excluding carboxylic acids is 1. The molecule has 0 aliphatic heterocycles. The molecular weight excluding hydrogens is 194 g/mol. The molecule has 2 N–H and O–H groups in total. The van der Waals surface area contributed by atoms with E-state index >= 15 is 0 Å². The normalized spacial score (nSPS) is 12.2. The van der Waals surface area contributed by atoms with Crippen LogP contribution in [0.2, 0.25) is 0 Å². The lowest BCUT2D eigenvalue weighted by molar-refractivity contribution is -0.144. The van der Waals surface area contributed by atoms with Crippen LogP contribution in [-0.4, -0.2) is 13.1 Å². The third kappa shape index (κ3) is 3.34. The minimum Gasteiger partial charge on any atom is -0.469 e. The summed E-state index contributed by atoms with van der Waals surface area (Å²) in [5, 5.41) is 0. The second-order valence-corrected chi connectivity index (χ2v) is 3.32.